The van der Waals surface area contributed by atoms with E-state index in [-0.39, 0.29) is 17.1 Å². The molecule has 3 aromatic rings. The van der Waals surface area contributed by atoms with Crippen molar-refractivity contribution in [1.82, 2.24) is 25.0 Å². The van der Waals surface area contributed by atoms with Crippen molar-refractivity contribution in [2.75, 3.05) is 37.6 Å². The fourth-order valence-corrected chi connectivity index (χ4v) is 5.21. The minimum atomic E-state index is -0.238. The normalized spacial score (nSPS) is 14.5. The van der Waals surface area contributed by atoms with E-state index in [1.54, 1.807) is 0 Å². The van der Waals surface area contributed by atoms with Crippen LogP contribution in [0, 0.1) is 6.92 Å². The van der Waals surface area contributed by atoms with Crippen LogP contribution in [0.5, 0.6) is 0 Å². The van der Waals surface area contributed by atoms with Gasteiger partial charge in [0.15, 0.2) is 5.16 Å². The third kappa shape index (κ3) is 6.46. The summed E-state index contributed by atoms with van der Waals surface area (Å²) in [7, 11) is 1.93. The van der Waals surface area contributed by atoms with Crippen molar-refractivity contribution in [3.8, 4) is 0 Å². The molecule has 1 saturated heterocycles. The van der Waals surface area contributed by atoms with Crippen LogP contribution < -0.4 is 10.2 Å². The Kier molecular flexibility index (Phi) is 8.64. The monoisotopic (exact) mass is 506 g/mol. The second-order valence-electron chi connectivity index (χ2n) is 9.09. The molecular weight excluding hydrogens is 472 g/mol. The fraction of sp³-hybridized carbons (Fsp3) is 0.407. The third-order valence-electron chi connectivity index (χ3n) is 6.41. The number of hydrogen-bond acceptors (Lipinski definition) is 6. The first-order chi connectivity index (χ1) is 17.4. The highest BCUT2D eigenvalue weighted by molar-refractivity contribution is 8.00. The van der Waals surface area contributed by atoms with Gasteiger partial charge in [-0.15, -0.1) is 10.2 Å². The highest BCUT2D eigenvalue weighted by atomic mass is 32.2. The first-order valence-electron chi connectivity index (χ1n) is 12.4. The van der Waals surface area contributed by atoms with E-state index in [9.17, 15) is 9.59 Å². The van der Waals surface area contributed by atoms with E-state index < -0.39 is 0 Å². The van der Waals surface area contributed by atoms with Crippen LogP contribution in [0.2, 0.25) is 0 Å². The van der Waals surface area contributed by atoms with E-state index in [1.165, 1.54) is 17.4 Å². The molecule has 190 valence electrons. The Morgan fingerprint density at radius 2 is 1.78 bits per heavy atom. The first-order valence-corrected chi connectivity index (χ1v) is 13.3. The minimum absolute atomic E-state index is 0.0650. The van der Waals surface area contributed by atoms with Crippen LogP contribution in [0.25, 0.3) is 0 Å². The number of piperazine rings is 1. The highest BCUT2D eigenvalue weighted by Crippen LogP contribution is 2.24. The molecule has 1 aliphatic rings. The van der Waals surface area contributed by atoms with Gasteiger partial charge >= 0.3 is 0 Å². The summed E-state index contributed by atoms with van der Waals surface area (Å²) in [6, 6.07) is 17.9. The minimum Gasteiger partial charge on any atom is -0.368 e. The average Bonchev–Trinajstić information content (AvgIpc) is 3.25. The Labute approximate surface area is 217 Å². The topological polar surface area (TPSA) is 83.4 Å². The zero-order chi connectivity index (χ0) is 25.5. The van der Waals surface area contributed by atoms with Crippen LogP contribution in [-0.4, -0.2) is 69.5 Å². The molecule has 1 fully saturated rings. The van der Waals surface area contributed by atoms with Gasteiger partial charge in [0, 0.05) is 57.4 Å². The zero-order valence-electron chi connectivity index (χ0n) is 21.2. The molecule has 0 spiro atoms. The molecule has 1 atom stereocenters. The maximum absolute atomic E-state index is 13.1. The van der Waals surface area contributed by atoms with Crippen LogP contribution in [-0.2, 0) is 18.3 Å². The van der Waals surface area contributed by atoms with Crippen LogP contribution in [0.3, 0.4) is 0 Å². The zero-order valence-corrected chi connectivity index (χ0v) is 22.0. The molecule has 0 bridgehead atoms. The summed E-state index contributed by atoms with van der Waals surface area (Å²) in [4.78, 5) is 29.6. The summed E-state index contributed by atoms with van der Waals surface area (Å²) in [6.07, 6.45) is 1.45. The van der Waals surface area contributed by atoms with Crippen molar-refractivity contribution in [3.05, 3.63) is 71.5 Å². The molecule has 0 radical (unpaired) electrons. The van der Waals surface area contributed by atoms with Crippen molar-refractivity contribution >= 4 is 29.3 Å². The number of hydrogen-bond donors (Lipinski definition) is 1. The molecular formula is C27H34N6O2S. The summed E-state index contributed by atoms with van der Waals surface area (Å²) in [5.74, 6) is 0.916. The molecule has 8 nitrogen and oxygen atoms in total. The number of nitrogens with zero attached hydrogens (tertiary/aromatic N) is 5. The number of benzene rings is 2. The lowest BCUT2D eigenvalue weighted by atomic mass is 10.1. The van der Waals surface area contributed by atoms with Crippen molar-refractivity contribution in [1.29, 1.82) is 0 Å². The number of thioether (sulfide) groups is 1. The summed E-state index contributed by atoms with van der Waals surface area (Å²) in [5.41, 5.74) is 2.94. The van der Waals surface area contributed by atoms with E-state index in [4.69, 9.17) is 0 Å². The number of para-hydroxylation sites is 1. The van der Waals surface area contributed by atoms with Crippen molar-refractivity contribution in [3.63, 3.8) is 0 Å². The molecule has 2 amide bonds. The lowest BCUT2D eigenvalue weighted by Crippen LogP contribution is -2.50. The predicted molar refractivity (Wildman–Crippen MR) is 143 cm³/mol. The van der Waals surface area contributed by atoms with Gasteiger partial charge in [0.25, 0.3) is 5.91 Å². The van der Waals surface area contributed by atoms with Gasteiger partial charge in [-0.25, -0.2) is 0 Å². The van der Waals surface area contributed by atoms with Crippen molar-refractivity contribution < 1.29 is 9.59 Å². The molecule has 1 aromatic heterocycles. The molecule has 2 aromatic carbocycles. The molecule has 1 unspecified atom stereocenters. The summed E-state index contributed by atoms with van der Waals surface area (Å²) in [5, 5.41) is 12.1. The highest BCUT2D eigenvalue weighted by Gasteiger charge is 2.27. The third-order valence-corrected chi connectivity index (χ3v) is 7.53. The number of aryl methyl sites for hydroxylation is 2. The maximum atomic E-state index is 13.1. The predicted octanol–water partition coefficient (Wildman–Crippen LogP) is 3.32. The van der Waals surface area contributed by atoms with Gasteiger partial charge in [-0.05, 0) is 44.5 Å². The van der Waals surface area contributed by atoms with E-state index in [0.29, 0.717) is 18.5 Å². The van der Waals surface area contributed by atoms with Crippen LogP contribution in [0.1, 0.15) is 35.1 Å². The average molecular weight is 507 g/mol. The Morgan fingerprint density at radius 1 is 1.03 bits per heavy atom. The Morgan fingerprint density at radius 3 is 2.50 bits per heavy atom. The van der Waals surface area contributed by atoms with Crippen LogP contribution in [0.4, 0.5) is 5.69 Å². The summed E-state index contributed by atoms with van der Waals surface area (Å²) >= 11 is 1.45. The lowest BCUT2D eigenvalue weighted by Gasteiger charge is -2.37. The summed E-state index contributed by atoms with van der Waals surface area (Å²) in [6.45, 7) is 7.58. The van der Waals surface area contributed by atoms with E-state index in [1.807, 2.05) is 72.8 Å². The number of carbonyl (C=O) groups excluding carboxylic acids is 2. The number of aromatic nitrogens is 3. The molecule has 9 heteroatoms. The number of amides is 2. The molecule has 4 rings (SSSR count). The van der Waals surface area contributed by atoms with Crippen LogP contribution >= 0.6 is 11.8 Å². The van der Waals surface area contributed by atoms with Crippen molar-refractivity contribution in [2.24, 2.45) is 7.05 Å². The molecule has 0 aliphatic carbocycles. The number of rotatable bonds is 9. The maximum Gasteiger partial charge on any atom is 0.251 e. The van der Waals surface area contributed by atoms with Gasteiger partial charge in [0.2, 0.25) is 5.91 Å². The molecule has 1 aliphatic heterocycles. The largest absolute Gasteiger partial charge is 0.368 e. The van der Waals surface area contributed by atoms with Gasteiger partial charge in [0.05, 0.1) is 5.25 Å². The van der Waals surface area contributed by atoms with Crippen LogP contribution in [0.15, 0.2) is 59.8 Å². The number of anilines is 1. The Bertz CT molecular complexity index is 1170. The number of carbonyl (C=O) groups is 2. The first kappa shape index (κ1) is 25.8. The SMILES string of the molecule is Cc1cccc(C(=O)NCCCc2nnc(SC(C)C(=O)N3CCN(c4ccccc4)CC3)n2C)c1. The Balaban J connectivity index is 1.22. The van der Waals surface area contributed by atoms with Gasteiger partial charge < -0.3 is 19.7 Å². The number of nitrogens with one attached hydrogen (secondary N) is 1. The molecule has 1 N–H and O–H groups in total. The van der Waals surface area contributed by atoms with E-state index in [2.05, 4.69) is 32.5 Å². The molecule has 2 heterocycles. The second kappa shape index (κ2) is 12.1. The molecule has 0 saturated carbocycles. The molecule has 36 heavy (non-hydrogen) atoms. The van der Waals surface area contributed by atoms with E-state index >= 15 is 0 Å². The second-order valence-corrected chi connectivity index (χ2v) is 10.4. The fourth-order valence-electron chi connectivity index (χ4n) is 4.29. The Hall–Kier alpha value is -3.33. The summed E-state index contributed by atoms with van der Waals surface area (Å²) < 4.78 is 1.95. The van der Waals surface area contributed by atoms with E-state index in [0.717, 1.165) is 49.1 Å². The van der Waals surface area contributed by atoms with Gasteiger partial charge in [-0.2, -0.15) is 0 Å². The standard InChI is InChI=1S/C27H34N6O2S/c1-20-9-7-10-22(19-20)25(34)28-14-8-13-24-29-30-27(31(24)3)36-21(2)26(35)33-17-15-32(16-18-33)23-11-5-4-6-12-23/h4-7,9-12,19,21H,8,13-18H2,1-3H3,(H,28,34). The van der Waals surface area contributed by atoms with Gasteiger partial charge in [-0.1, -0.05) is 47.7 Å². The quantitative estimate of drug-likeness (QED) is 0.354. The van der Waals surface area contributed by atoms with Gasteiger partial charge in [-0.3, -0.25) is 9.59 Å². The van der Waals surface area contributed by atoms with Gasteiger partial charge in [0.1, 0.15) is 5.82 Å². The van der Waals surface area contributed by atoms with Crippen molar-refractivity contribution in [2.45, 2.75) is 37.1 Å². The smallest absolute Gasteiger partial charge is 0.251 e. The lowest BCUT2D eigenvalue weighted by molar-refractivity contribution is -0.130.